The van der Waals surface area contributed by atoms with Gasteiger partial charge >= 0.3 is 0 Å². The molecule has 1 N–H and O–H groups in total. The Morgan fingerprint density at radius 2 is 1.30 bits per heavy atom. The van der Waals surface area contributed by atoms with Gasteiger partial charge < -0.3 is 10.0 Å². The minimum atomic E-state index is 0. The Bertz CT molecular complexity index is 2630. The van der Waals surface area contributed by atoms with Crippen LogP contribution in [0.5, 0.6) is 0 Å². The van der Waals surface area contributed by atoms with Gasteiger partial charge in [0.2, 0.25) is 11.2 Å². The molecule has 0 bridgehead atoms. The number of nitrogens with zero attached hydrogens (tertiary/aromatic N) is 11. The van der Waals surface area contributed by atoms with Gasteiger partial charge in [0.15, 0.2) is 11.3 Å². The molecule has 54 heavy (non-hydrogen) atoms. The van der Waals surface area contributed by atoms with Crippen molar-refractivity contribution < 1.29 is 6.53 Å². The second-order valence-electron chi connectivity index (χ2n) is 12.2. The van der Waals surface area contributed by atoms with Gasteiger partial charge in [-0.15, -0.1) is 10.2 Å². The molecule has 8 aromatic rings. The molecule has 0 radical (unpaired) electrons. The zero-order chi connectivity index (χ0) is 37.3. The molecule has 0 aliphatic carbocycles. The second-order valence-corrected chi connectivity index (χ2v) is 14.1. The number of hydrogen-bond acceptors (Lipinski definition) is 10. The van der Waals surface area contributed by atoms with E-state index in [1.54, 1.807) is 51.9 Å². The van der Waals surface area contributed by atoms with E-state index in [-0.39, 0.29) is 19.4 Å². The molecule has 1 saturated heterocycles. The van der Waals surface area contributed by atoms with E-state index in [4.69, 9.17) is 63.0 Å². The number of rotatable bonds is 6. The molecular weight excluding hydrogens is 792 g/mol. The van der Waals surface area contributed by atoms with Gasteiger partial charge in [-0.3, -0.25) is 14.4 Å². The first kappa shape index (κ1) is 36.0. The highest BCUT2D eigenvalue weighted by atomic mass is 35.5. The van der Waals surface area contributed by atoms with E-state index in [1.807, 2.05) is 42.5 Å². The summed E-state index contributed by atoms with van der Waals surface area (Å²) in [5.74, 6) is 0.662. The Labute approximate surface area is 334 Å². The maximum absolute atomic E-state index is 9.85. The fourth-order valence-electron chi connectivity index (χ4n) is 6.46. The molecule has 9 rings (SSSR count). The SMILES string of the molecule is Clc1ccc(-c2c(-c3ccncc3)nc(Cl)n3cnnc23)cc1Cl.OC[C@H]1CCCN1c1nc(-c2ccncc2)c(-c2ccc(Cl)c(Cl)c2)c2ncnn12.[2HH]. The number of aliphatic hydroxyl groups is 1. The number of aliphatic hydroxyl groups excluding tert-OH is 1. The van der Waals surface area contributed by atoms with Crippen LogP contribution in [0.3, 0.4) is 0 Å². The van der Waals surface area contributed by atoms with Gasteiger partial charge in [-0.25, -0.2) is 15.0 Å². The number of anilines is 1. The number of fused-ring (bicyclic) bond motifs is 2. The van der Waals surface area contributed by atoms with E-state index in [9.17, 15) is 5.11 Å². The molecule has 272 valence electrons. The van der Waals surface area contributed by atoms with Crippen LogP contribution in [-0.4, -0.2) is 73.4 Å². The van der Waals surface area contributed by atoms with Gasteiger partial charge in [0.05, 0.1) is 55.3 Å². The second kappa shape index (κ2) is 15.4. The minimum absolute atomic E-state index is 0. The molecule has 0 amide bonds. The fraction of sp³-hybridized carbons (Fsp3) is 0.135. The van der Waals surface area contributed by atoms with Crippen molar-refractivity contribution in [3.63, 3.8) is 0 Å². The number of hydrogen-bond donors (Lipinski definition) is 1. The molecule has 17 heteroatoms. The minimum Gasteiger partial charge on any atom is -0.394 e. The summed E-state index contributed by atoms with van der Waals surface area (Å²) < 4.78 is 3.35. The summed E-state index contributed by atoms with van der Waals surface area (Å²) in [6, 6.07) is 18.4. The lowest BCUT2D eigenvalue weighted by atomic mass is 10.0. The summed E-state index contributed by atoms with van der Waals surface area (Å²) in [4.78, 5) is 24.4. The third-order valence-electron chi connectivity index (χ3n) is 8.99. The van der Waals surface area contributed by atoms with Crippen LogP contribution in [0.15, 0.2) is 98.1 Å². The third kappa shape index (κ3) is 6.81. The fourth-order valence-corrected chi connectivity index (χ4v) is 7.27. The van der Waals surface area contributed by atoms with Crippen molar-refractivity contribution in [1.82, 2.24) is 49.1 Å². The Hall–Kier alpha value is -4.95. The summed E-state index contributed by atoms with van der Waals surface area (Å²) in [6.07, 6.45) is 11.8. The van der Waals surface area contributed by atoms with Crippen molar-refractivity contribution in [3.05, 3.63) is 123 Å². The lowest BCUT2D eigenvalue weighted by Crippen LogP contribution is -2.34. The van der Waals surface area contributed by atoms with E-state index < -0.39 is 0 Å². The standard InChI is InChI=1S/C21H18Cl2N6O.C16H8Cl3N5.H2/c22-16-4-3-14(10-17(16)23)18-19(13-5-7-24-8-6-13)27-21(29-20(18)25-12-26-29)28-9-1-2-15(28)11-30;17-11-2-1-10(7-12(11)18)13-14(9-3-5-20-6-4-9)22-16(19)24-8-21-23-15(13)24;/h3-8,10,12,15,30H,1-2,9,11H2;1-8H;1H/t15-;;/m1../s1/i;;1+1. The van der Waals surface area contributed by atoms with Crippen molar-refractivity contribution in [1.29, 1.82) is 0 Å². The first-order valence-corrected chi connectivity index (χ1v) is 18.4. The van der Waals surface area contributed by atoms with E-state index in [2.05, 4.69) is 40.1 Å². The van der Waals surface area contributed by atoms with Gasteiger partial charge in [0.25, 0.3) is 0 Å². The molecule has 1 aliphatic heterocycles. The largest absolute Gasteiger partial charge is 0.394 e. The van der Waals surface area contributed by atoms with Crippen LogP contribution in [-0.2, 0) is 0 Å². The molecule has 1 fully saturated rings. The van der Waals surface area contributed by atoms with Crippen LogP contribution >= 0.6 is 58.0 Å². The number of benzene rings is 2. The monoisotopic (exact) mass is 818 g/mol. The Kier molecular flexibility index (Phi) is 10.3. The van der Waals surface area contributed by atoms with Crippen LogP contribution in [0.4, 0.5) is 5.95 Å². The first-order valence-electron chi connectivity index (χ1n) is 16.5. The number of halogens is 5. The smallest absolute Gasteiger partial charge is 0.229 e. The van der Waals surface area contributed by atoms with Gasteiger partial charge in [0.1, 0.15) is 12.7 Å². The van der Waals surface area contributed by atoms with Gasteiger partial charge in [-0.2, -0.15) is 9.61 Å². The lowest BCUT2D eigenvalue weighted by molar-refractivity contribution is 0.265. The summed E-state index contributed by atoms with van der Waals surface area (Å²) in [5, 5.41) is 24.5. The predicted octanol–water partition coefficient (Wildman–Crippen LogP) is 9.18. The molecule has 1 atom stereocenters. The van der Waals surface area contributed by atoms with Crippen molar-refractivity contribution >= 4 is 75.2 Å². The number of pyridine rings is 2. The predicted molar refractivity (Wildman–Crippen MR) is 214 cm³/mol. The molecule has 0 spiro atoms. The lowest BCUT2D eigenvalue weighted by Gasteiger charge is -2.25. The molecule has 0 saturated carbocycles. The molecule has 2 aromatic carbocycles. The number of aromatic nitrogens is 10. The molecule has 6 aromatic heterocycles. The van der Waals surface area contributed by atoms with Crippen molar-refractivity contribution in [2.75, 3.05) is 18.1 Å². The van der Waals surface area contributed by atoms with Crippen LogP contribution in [0.25, 0.3) is 56.1 Å². The summed E-state index contributed by atoms with van der Waals surface area (Å²) in [7, 11) is 0. The highest BCUT2D eigenvalue weighted by Gasteiger charge is 2.30. The van der Waals surface area contributed by atoms with Crippen LogP contribution < -0.4 is 4.90 Å². The Balaban J connectivity index is 0.000000170. The Morgan fingerprint density at radius 1 is 0.704 bits per heavy atom. The summed E-state index contributed by atoms with van der Waals surface area (Å²) >= 11 is 31.0. The van der Waals surface area contributed by atoms with Crippen LogP contribution in [0, 0.1) is 0 Å². The average Bonchev–Trinajstić information content (AvgIpc) is 4.00. The normalized spacial score (nSPS) is 14.1. The van der Waals surface area contributed by atoms with Crippen molar-refractivity contribution in [2.24, 2.45) is 0 Å². The van der Waals surface area contributed by atoms with Gasteiger partial charge in [0, 0.05) is 43.9 Å². The van der Waals surface area contributed by atoms with Gasteiger partial charge in [-0.05, 0) is 84.1 Å². The summed E-state index contributed by atoms with van der Waals surface area (Å²) in [5.41, 5.74) is 7.65. The van der Waals surface area contributed by atoms with Crippen LogP contribution in [0.1, 0.15) is 14.3 Å². The quantitative estimate of drug-likeness (QED) is 0.162. The van der Waals surface area contributed by atoms with E-state index in [0.29, 0.717) is 43.0 Å². The average molecular weight is 821 g/mol. The molecule has 12 nitrogen and oxygen atoms in total. The maximum Gasteiger partial charge on any atom is 0.229 e. The van der Waals surface area contributed by atoms with Crippen molar-refractivity contribution in [3.8, 4) is 44.8 Å². The van der Waals surface area contributed by atoms with E-state index in [0.717, 1.165) is 58.5 Å². The van der Waals surface area contributed by atoms with Gasteiger partial charge in [-0.1, -0.05) is 58.5 Å². The maximum atomic E-state index is 9.85. The highest BCUT2D eigenvalue weighted by Crippen LogP contribution is 2.40. The topological polar surface area (TPSA) is 135 Å². The third-order valence-corrected chi connectivity index (χ3v) is 10.7. The van der Waals surface area contributed by atoms with Crippen LogP contribution in [0.2, 0.25) is 25.4 Å². The molecule has 1 aliphatic rings. The molecule has 7 heterocycles. The van der Waals surface area contributed by atoms with E-state index in [1.165, 1.54) is 12.7 Å². The zero-order valence-electron chi connectivity index (χ0n) is 27.9. The van der Waals surface area contributed by atoms with E-state index >= 15 is 0 Å². The highest BCUT2D eigenvalue weighted by molar-refractivity contribution is 6.42. The first-order chi connectivity index (χ1) is 26.3. The Morgan fingerprint density at radius 3 is 1.89 bits per heavy atom. The van der Waals surface area contributed by atoms with Crippen molar-refractivity contribution in [2.45, 2.75) is 18.9 Å². The molecular formula is C37H28Cl5N11O. The summed E-state index contributed by atoms with van der Waals surface area (Å²) in [6.45, 7) is 0.867. The zero-order valence-corrected chi connectivity index (χ0v) is 31.7. The molecule has 0 unspecified atom stereocenters.